The average Bonchev–Trinajstić information content (AvgIpc) is 2.99. The van der Waals surface area contributed by atoms with Crippen LogP contribution in [-0.4, -0.2) is 24.2 Å². The highest BCUT2D eigenvalue weighted by Gasteiger charge is 2.28. The molecule has 76 valence electrons. The summed E-state index contributed by atoms with van der Waals surface area (Å²) in [4.78, 5) is 8.42. The van der Waals surface area contributed by atoms with E-state index < -0.39 is 0 Å². The Balaban J connectivity index is 2.43. The van der Waals surface area contributed by atoms with Crippen LogP contribution < -0.4 is 15.2 Å². The molecule has 2 N–H and O–H groups in total. The van der Waals surface area contributed by atoms with E-state index in [1.54, 1.807) is 7.11 Å². The van der Waals surface area contributed by atoms with Crippen LogP contribution in [0.25, 0.3) is 0 Å². The van der Waals surface area contributed by atoms with Gasteiger partial charge in [0.1, 0.15) is 5.82 Å². The van der Waals surface area contributed by atoms with Crippen LogP contribution in [-0.2, 0) is 0 Å². The van der Waals surface area contributed by atoms with Crippen LogP contribution in [0, 0.1) is 0 Å². The smallest absolute Gasteiger partial charge is 0.262 e. The lowest BCUT2D eigenvalue weighted by atomic mass is 10.3. The van der Waals surface area contributed by atoms with Crippen LogP contribution in [0.1, 0.15) is 24.6 Å². The van der Waals surface area contributed by atoms with Crippen molar-refractivity contribution in [2.24, 2.45) is 0 Å². The molecule has 0 spiro atoms. The Bertz CT molecular complexity index is 350. The number of nitrogens with two attached hydrogens (primary N) is 1. The van der Waals surface area contributed by atoms with Gasteiger partial charge in [-0.1, -0.05) is 0 Å². The molecular weight excluding hydrogens is 182 g/mol. The van der Waals surface area contributed by atoms with Gasteiger partial charge in [-0.2, -0.15) is 4.98 Å². The van der Waals surface area contributed by atoms with Gasteiger partial charge in [0.25, 0.3) is 5.88 Å². The van der Waals surface area contributed by atoms with E-state index in [0.29, 0.717) is 23.4 Å². The minimum atomic E-state index is 0.348. The third-order valence-corrected chi connectivity index (χ3v) is 2.22. The highest BCUT2D eigenvalue weighted by atomic mass is 16.5. The zero-order chi connectivity index (χ0) is 10.1. The van der Waals surface area contributed by atoms with E-state index in [-0.39, 0.29) is 0 Å². The standard InChI is InChI=1S/C9H13N3O2/c1-13-6-7(10)11-8(5-3-4-5)12-9(6)14-2/h5H,3-4H2,1-2H3,(H2,10,11,12). The fourth-order valence-corrected chi connectivity index (χ4v) is 1.32. The number of anilines is 1. The summed E-state index contributed by atoms with van der Waals surface area (Å²) in [6.45, 7) is 0. The minimum absolute atomic E-state index is 0.348. The Morgan fingerprint density at radius 3 is 2.43 bits per heavy atom. The molecule has 1 fully saturated rings. The quantitative estimate of drug-likeness (QED) is 0.777. The first-order valence-corrected chi connectivity index (χ1v) is 4.51. The van der Waals surface area contributed by atoms with Gasteiger partial charge in [0.15, 0.2) is 5.82 Å². The number of methoxy groups -OCH3 is 2. The SMILES string of the molecule is COc1nc(C2CC2)nc(N)c1OC. The number of nitrogen functional groups attached to an aromatic ring is 1. The van der Waals surface area contributed by atoms with Gasteiger partial charge in [-0.25, -0.2) is 4.98 Å². The number of ether oxygens (including phenoxy) is 2. The topological polar surface area (TPSA) is 70.3 Å². The molecule has 1 aromatic heterocycles. The summed E-state index contributed by atoms with van der Waals surface area (Å²) < 4.78 is 10.1. The molecule has 5 nitrogen and oxygen atoms in total. The summed E-state index contributed by atoms with van der Waals surface area (Å²) in [7, 11) is 3.06. The maximum absolute atomic E-state index is 5.72. The van der Waals surface area contributed by atoms with E-state index in [2.05, 4.69) is 9.97 Å². The van der Waals surface area contributed by atoms with Crippen LogP contribution in [0.15, 0.2) is 0 Å². The largest absolute Gasteiger partial charge is 0.489 e. The predicted octanol–water partition coefficient (Wildman–Crippen LogP) is 0.953. The van der Waals surface area contributed by atoms with E-state index in [1.165, 1.54) is 7.11 Å². The van der Waals surface area contributed by atoms with Crippen molar-refractivity contribution in [2.45, 2.75) is 18.8 Å². The average molecular weight is 195 g/mol. The van der Waals surface area contributed by atoms with Gasteiger partial charge in [-0.3, -0.25) is 0 Å². The maximum Gasteiger partial charge on any atom is 0.262 e. The lowest BCUT2D eigenvalue weighted by Gasteiger charge is -2.09. The third kappa shape index (κ3) is 1.45. The molecular formula is C9H13N3O2. The highest BCUT2D eigenvalue weighted by Crippen LogP contribution is 2.41. The molecule has 14 heavy (non-hydrogen) atoms. The lowest BCUT2D eigenvalue weighted by Crippen LogP contribution is -2.04. The van der Waals surface area contributed by atoms with Crippen LogP contribution in [0.2, 0.25) is 0 Å². The van der Waals surface area contributed by atoms with Crippen molar-refractivity contribution in [2.75, 3.05) is 20.0 Å². The maximum atomic E-state index is 5.72. The molecule has 0 atom stereocenters. The first kappa shape index (κ1) is 9.05. The zero-order valence-corrected chi connectivity index (χ0v) is 8.28. The van der Waals surface area contributed by atoms with Gasteiger partial charge in [0.05, 0.1) is 14.2 Å². The van der Waals surface area contributed by atoms with Crippen molar-refractivity contribution in [1.82, 2.24) is 9.97 Å². The summed E-state index contributed by atoms with van der Waals surface area (Å²) in [5, 5.41) is 0. The number of hydrogen-bond acceptors (Lipinski definition) is 5. The zero-order valence-electron chi connectivity index (χ0n) is 8.28. The molecule has 1 heterocycles. The second kappa shape index (κ2) is 3.32. The highest BCUT2D eigenvalue weighted by molar-refractivity contribution is 5.52. The first-order valence-electron chi connectivity index (χ1n) is 4.51. The molecule has 0 aromatic carbocycles. The molecule has 0 radical (unpaired) electrons. The fourth-order valence-electron chi connectivity index (χ4n) is 1.32. The van der Waals surface area contributed by atoms with Crippen LogP contribution in [0.5, 0.6) is 11.6 Å². The molecule has 0 amide bonds. The van der Waals surface area contributed by atoms with E-state index in [4.69, 9.17) is 15.2 Å². The predicted molar refractivity (Wildman–Crippen MR) is 51.5 cm³/mol. The molecule has 0 bridgehead atoms. The summed E-state index contributed by atoms with van der Waals surface area (Å²) in [5.74, 6) is 2.40. The van der Waals surface area contributed by atoms with Crippen molar-refractivity contribution < 1.29 is 9.47 Å². The monoisotopic (exact) mass is 195 g/mol. The van der Waals surface area contributed by atoms with E-state index >= 15 is 0 Å². The normalized spacial score (nSPS) is 15.3. The second-order valence-corrected chi connectivity index (χ2v) is 3.28. The van der Waals surface area contributed by atoms with E-state index in [9.17, 15) is 0 Å². The molecule has 1 aliphatic carbocycles. The fraction of sp³-hybridized carbons (Fsp3) is 0.556. The first-order chi connectivity index (χ1) is 6.76. The Morgan fingerprint density at radius 2 is 1.93 bits per heavy atom. The Labute approximate surface area is 82.3 Å². The van der Waals surface area contributed by atoms with Gasteiger partial charge in [-0.05, 0) is 12.8 Å². The number of hydrogen-bond donors (Lipinski definition) is 1. The van der Waals surface area contributed by atoms with Crippen molar-refractivity contribution >= 4 is 5.82 Å². The van der Waals surface area contributed by atoms with Gasteiger partial charge >= 0.3 is 0 Å². The molecule has 2 rings (SSSR count). The number of nitrogens with zero attached hydrogens (tertiary/aromatic N) is 2. The van der Waals surface area contributed by atoms with E-state index in [1.807, 2.05) is 0 Å². The summed E-state index contributed by atoms with van der Waals surface area (Å²) in [6, 6.07) is 0. The molecule has 1 aliphatic rings. The van der Waals surface area contributed by atoms with Crippen molar-refractivity contribution in [3.63, 3.8) is 0 Å². The van der Waals surface area contributed by atoms with E-state index in [0.717, 1.165) is 18.7 Å². The summed E-state index contributed by atoms with van der Waals surface area (Å²) in [6.07, 6.45) is 2.27. The van der Waals surface area contributed by atoms with Crippen LogP contribution in [0.3, 0.4) is 0 Å². The Hall–Kier alpha value is -1.52. The molecule has 0 unspecified atom stereocenters. The summed E-state index contributed by atoms with van der Waals surface area (Å²) in [5.41, 5.74) is 5.72. The minimum Gasteiger partial charge on any atom is -0.489 e. The Morgan fingerprint density at radius 1 is 1.21 bits per heavy atom. The molecule has 0 saturated heterocycles. The van der Waals surface area contributed by atoms with Gasteiger partial charge in [-0.15, -0.1) is 0 Å². The second-order valence-electron chi connectivity index (χ2n) is 3.28. The van der Waals surface area contributed by atoms with Gasteiger partial charge < -0.3 is 15.2 Å². The summed E-state index contributed by atoms with van der Waals surface area (Å²) >= 11 is 0. The van der Waals surface area contributed by atoms with Gasteiger partial charge in [0, 0.05) is 5.92 Å². The van der Waals surface area contributed by atoms with Crippen molar-refractivity contribution in [3.05, 3.63) is 5.82 Å². The van der Waals surface area contributed by atoms with Crippen molar-refractivity contribution in [3.8, 4) is 11.6 Å². The number of rotatable bonds is 3. The third-order valence-electron chi connectivity index (χ3n) is 2.22. The molecule has 1 aromatic rings. The van der Waals surface area contributed by atoms with Crippen LogP contribution in [0.4, 0.5) is 5.82 Å². The molecule has 1 saturated carbocycles. The van der Waals surface area contributed by atoms with Gasteiger partial charge in [0.2, 0.25) is 5.75 Å². The number of aromatic nitrogens is 2. The molecule has 5 heteroatoms. The Kier molecular flexibility index (Phi) is 2.15. The lowest BCUT2D eigenvalue weighted by molar-refractivity contribution is 0.341. The van der Waals surface area contributed by atoms with Crippen LogP contribution >= 0.6 is 0 Å². The molecule has 0 aliphatic heterocycles. The van der Waals surface area contributed by atoms with Crippen molar-refractivity contribution in [1.29, 1.82) is 0 Å².